The van der Waals surface area contributed by atoms with Crippen molar-refractivity contribution in [2.24, 2.45) is 5.92 Å². The molecule has 0 spiro atoms. The van der Waals surface area contributed by atoms with Gasteiger partial charge in [0.05, 0.1) is 8.91 Å². The summed E-state index contributed by atoms with van der Waals surface area (Å²) < 4.78 is 12.6. The Morgan fingerprint density at radius 3 is 2.50 bits per heavy atom. The molecule has 2 aromatic carbocycles. The zero-order valence-electron chi connectivity index (χ0n) is 19.5. The fraction of sp³-hybridized carbons (Fsp3) is 0.444. The van der Waals surface area contributed by atoms with E-state index in [0.717, 1.165) is 32.1 Å². The number of anilines is 1. The number of hydrogen-bond donors (Lipinski definition) is 1. The summed E-state index contributed by atoms with van der Waals surface area (Å²) >= 11 is 5.37. The second-order valence-corrected chi connectivity index (χ2v) is 12.7. The number of nitrogens with zero attached hydrogens (tertiary/aromatic N) is 3. The van der Waals surface area contributed by atoms with Gasteiger partial charge < -0.3 is 4.90 Å². The molecule has 1 aliphatic heterocycles. The van der Waals surface area contributed by atoms with Gasteiger partial charge >= 0.3 is 0 Å². The highest BCUT2D eigenvalue weighted by atomic mass is 32.2. The van der Waals surface area contributed by atoms with Crippen molar-refractivity contribution in [3.8, 4) is 0 Å². The lowest BCUT2D eigenvalue weighted by atomic mass is 9.84. The molecule has 0 radical (unpaired) electrons. The standard InChI is InChI=1S/C27H32N4S3/c1-3-7-24-21(5-1)19-26(32-24)34-28-22-11-9-20(10-12-22)13-14-30-15-17-31(18-16-30)27-23-6-2-4-8-25(23)33-29-27/h1-8,19-20,22,28H,9-18H2. The van der Waals surface area contributed by atoms with E-state index in [1.54, 1.807) is 11.5 Å². The van der Waals surface area contributed by atoms with Crippen LogP contribution in [0.2, 0.25) is 0 Å². The van der Waals surface area contributed by atoms with Crippen LogP contribution >= 0.6 is 34.8 Å². The van der Waals surface area contributed by atoms with E-state index in [9.17, 15) is 0 Å². The van der Waals surface area contributed by atoms with Gasteiger partial charge in [0.25, 0.3) is 0 Å². The van der Waals surface area contributed by atoms with Gasteiger partial charge in [-0.25, -0.2) is 0 Å². The summed E-state index contributed by atoms with van der Waals surface area (Å²) in [5.74, 6) is 2.09. The molecule has 1 N–H and O–H groups in total. The molecule has 0 atom stereocenters. The van der Waals surface area contributed by atoms with Crippen molar-refractivity contribution >= 4 is 60.8 Å². The summed E-state index contributed by atoms with van der Waals surface area (Å²) in [5, 5.41) is 2.68. The lowest BCUT2D eigenvalue weighted by Crippen LogP contribution is -2.47. The first-order valence-electron chi connectivity index (χ1n) is 12.5. The largest absolute Gasteiger partial charge is 0.353 e. The highest BCUT2D eigenvalue weighted by Gasteiger charge is 2.24. The minimum atomic E-state index is 0.656. The highest BCUT2D eigenvalue weighted by Crippen LogP contribution is 2.34. The summed E-state index contributed by atoms with van der Waals surface area (Å²) in [6.07, 6.45) is 6.72. The summed E-state index contributed by atoms with van der Waals surface area (Å²) in [4.78, 5) is 5.16. The van der Waals surface area contributed by atoms with Crippen LogP contribution in [0, 0.1) is 5.92 Å². The molecule has 2 aliphatic rings. The summed E-state index contributed by atoms with van der Waals surface area (Å²) in [6, 6.07) is 20.3. The van der Waals surface area contributed by atoms with Crippen molar-refractivity contribution in [2.45, 2.75) is 42.4 Å². The van der Waals surface area contributed by atoms with Crippen LogP contribution in [0.25, 0.3) is 20.2 Å². The molecular weight excluding hydrogens is 477 g/mol. The number of fused-ring (bicyclic) bond motifs is 2. The van der Waals surface area contributed by atoms with Crippen LogP contribution in [0.3, 0.4) is 0 Å². The van der Waals surface area contributed by atoms with E-state index in [1.807, 2.05) is 23.3 Å². The number of thiophene rings is 1. The Balaban J connectivity index is 0.911. The average molecular weight is 509 g/mol. The van der Waals surface area contributed by atoms with Crippen molar-refractivity contribution < 1.29 is 0 Å². The third-order valence-electron chi connectivity index (χ3n) is 7.46. The van der Waals surface area contributed by atoms with Crippen LogP contribution in [0.5, 0.6) is 0 Å². The molecular formula is C27H32N4S3. The number of rotatable bonds is 7. The lowest BCUT2D eigenvalue weighted by Gasteiger charge is -2.36. The maximum Gasteiger partial charge on any atom is 0.150 e. The molecule has 34 heavy (non-hydrogen) atoms. The van der Waals surface area contributed by atoms with Gasteiger partial charge in [-0.15, -0.1) is 11.3 Å². The van der Waals surface area contributed by atoms with Crippen LogP contribution in [0.4, 0.5) is 5.82 Å². The summed E-state index contributed by atoms with van der Waals surface area (Å²) in [7, 11) is 0. The number of piperazine rings is 1. The van der Waals surface area contributed by atoms with Crippen molar-refractivity contribution in [2.75, 3.05) is 37.6 Å². The van der Waals surface area contributed by atoms with Gasteiger partial charge in [0.15, 0.2) is 0 Å². The van der Waals surface area contributed by atoms with Crippen molar-refractivity contribution in [3.05, 3.63) is 54.6 Å². The predicted octanol–water partition coefficient (Wildman–Crippen LogP) is 6.88. The van der Waals surface area contributed by atoms with Crippen molar-refractivity contribution in [1.29, 1.82) is 0 Å². The summed E-state index contributed by atoms with van der Waals surface area (Å²) in [5.41, 5.74) is 0. The average Bonchev–Trinajstić information content (AvgIpc) is 3.51. The Morgan fingerprint density at radius 1 is 0.912 bits per heavy atom. The molecule has 7 heteroatoms. The zero-order valence-corrected chi connectivity index (χ0v) is 21.9. The van der Waals surface area contributed by atoms with Gasteiger partial charge in [-0.1, -0.05) is 30.3 Å². The molecule has 178 valence electrons. The van der Waals surface area contributed by atoms with Gasteiger partial charge in [-0.3, -0.25) is 9.62 Å². The molecule has 1 saturated carbocycles. The minimum absolute atomic E-state index is 0.656. The summed E-state index contributed by atoms with van der Waals surface area (Å²) in [6.45, 7) is 5.77. The SMILES string of the molecule is c1ccc2sc(SNC3CCC(CCN4CCN(c5nsc6ccccc56)CC4)CC3)cc2c1. The van der Waals surface area contributed by atoms with E-state index >= 15 is 0 Å². The monoisotopic (exact) mass is 508 g/mol. The number of hydrogen-bond acceptors (Lipinski definition) is 7. The molecule has 3 heterocycles. The van der Waals surface area contributed by atoms with Gasteiger partial charge in [0, 0.05) is 42.3 Å². The van der Waals surface area contributed by atoms with Crippen molar-refractivity contribution in [1.82, 2.24) is 14.0 Å². The molecule has 2 aromatic heterocycles. The minimum Gasteiger partial charge on any atom is -0.353 e. The second kappa shape index (κ2) is 10.5. The molecule has 4 aromatic rings. The molecule has 6 rings (SSSR count). The van der Waals surface area contributed by atoms with E-state index in [1.165, 1.54) is 68.8 Å². The number of benzene rings is 2. The number of aromatic nitrogens is 1. The predicted molar refractivity (Wildman–Crippen MR) is 149 cm³/mol. The van der Waals surface area contributed by atoms with E-state index in [0.29, 0.717) is 6.04 Å². The Bertz CT molecular complexity index is 1190. The quantitative estimate of drug-likeness (QED) is 0.275. The Morgan fingerprint density at radius 2 is 1.68 bits per heavy atom. The first-order chi connectivity index (χ1) is 16.8. The zero-order chi connectivity index (χ0) is 22.7. The molecule has 0 bridgehead atoms. The van der Waals surface area contributed by atoms with E-state index in [-0.39, 0.29) is 0 Å². The molecule has 1 aliphatic carbocycles. The van der Waals surface area contributed by atoms with Crippen LogP contribution in [0.15, 0.2) is 58.8 Å². The van der Waals surface area contributed by atoms with E-state index < -0.39 is 0 Å². The Labute approximate surface area is 214 Å². The van der Waals surface area contributed by atoms with Gasteiger partial charge in [-0.05, 0) is 97.7 Å². The van der Waals surface area contributed by atoms with Crippen LogP contribution < -0.4 is 9.62 Å². The highest BCUT2D eigenvalue weighted by molar-refractivity contribution is 7.99. The fourth-order valence-corrected chi connectivity index (χ4v) is 8.24. The maximum absolute atomic E-state index is 4.76. The normalized spacial score (nSPS) is 22.1. The number of nitrogens with one attached hydrogen (secondary N) is 1. The lowest BCUT2D eigenvalue weighted by molar-refractivity contribution is 0.215. The first-order valence-corrected chi connectivity index (χ1v) is 14.9. The fourth-order valence-electron chi connectivity index (χ4n) is 5.37. The second-order valence-electron chi connectivity index (χ2n) is 9.66. The van der Waals surface area contributed by atoms with Gasteiger partial charge in [0.2, 0.25) is 0 Å². The van der Waals surface area contributed by atoms with Crippen LogP contribution in [-0.4, -0.2) is 48.0 Å². The third kappa shape index (κ3) is 5.14. The molecule has 0 unspecified atom stereocenters. The van der Waals surface area contributed by atoms with E-state index in [2.05, 4.69) is 69.1 Å². The first kappa shape index (κ1) is 22.8. The molecule has 2 fully saturated rings. The third-order valence-corrected chi connectivity index (χ3v) is 10.5. The topological polar surface area (TPSA) is 31.4 Å². The molecule has 0 amide bonds. The van der Waals surface area contributed by atoms with Gasteiger partial charge in [-0.2, -0.15) is 4.37 Å². The van der Waals surface area contributed by atoms with Crippen LogP contribution in [0.1, 0.15) is 32.1 Å². The Hall–Kier alpha value is -1.64. The smallest absolute Gasteiger partial charge is 0.150 e. The molecule has 1 saturated heterocycles. The Kier molecular flexibility index (Phi) is 7.07. The van der Waals surface area contributed by atoms with E-state index in [4.69, 9.17) is 4.37 Å². The van der Waals surface area contributed by atoms with Crippen LogP contribution in [-0.2, 0) is 0 Å². The molecule has 4 nitrogen and oxygen atoms in total. The van der Waals surface area contributed by atoms with Crippen molar-refractivity contribution in [3.63, 3.8) is 0 Å². The maximum atomic E-state index is 4.76. The van der Waals surface area contributed by atoms with Gasteiger partial charge in [0.1, 0.15) is 5.82 Å².